The third-order valence-electron chi connectivity index (χ3n) is 2.66. The predicted molar refractivity (Wildman–Crippen MR) is 40.9 cm³/mol. The first kappa shape index (κ1) is 12.2. The van der Waals surface area contributed by atoms with Crippen molar-refractivity contribution in [2.45, 2.75) is 43.1 Å². The van der Waals surface area contributed by atoms with Crippen molar-refractivity contribution in [2.24, 2.45) is 0 Å². The first-order chi connectivity index (χ1) is 6.61. The highest BCUT2D eigenvalue weighted by atomic mass is 19.3. The molecule has 2 N–H and O–H groups in total. The van der Waals surface area contributed by atoms with Crippen LogP contribution >= 0.6 is 0 Å². The second kappa shape index (κ2) is 3.33. The van der Waals surface area contributed by atoms with E-state index in [1.165, 1.54) is 0 Å². The molecule has 1 fully saturated rings. The van der Waals surface area contributed by atoms with Crippen molar-refractivity contribution in [3.05, 3.63) is 0 Å². The Morgan fingerprint density at radius 3 is 1.87 bits per heavy atom. The van der Waals surface area contributed by atoms with Crippen molar-refractivity contribution in [1.82, 2.24) is 0 Å². The summed E-state index contributed by atoms with van der Waals surface area (Å²) in [7, 11) is 0. The quantitative estimate of drug-likeness (QED) is 0.709. The summed E-state index contributed by atoms with van der Waals surface area (Å²) in [6.45, 7) is 0. The largest absolute Gasteiger partial charge is 0.477 e. The molecular formula is C8H10F4O3. The lowest BCUT2D eigenvalue weighted by molar-refractivity contribution is -0.228. The molecular weight excluding hydrogens is 220 g/mol. The van der Waals surface area contributed by atoms with Crippen LogP contribution in [0.25, 0.3) is 0 Å². The molecule has 1 aliphatic rings. The van der Waals surface area contributed by atoms with Crippen molar-refractivity contribution < 1.29 is 32.6 Å². The maximum atomic E-state index is 13.0. The maximum Gasteiger partial charge on any atom is 0.377 e. The van der Waals surface area contributed by atoms with Gasteiger partial charge in [0.2, 0.25) is 5.92 Å². The standard InChI is InChI=1S/C8H10F4O3/c9-7(10)3-1-6(15,2-4-7)8(11,12)5(13)14/h15H,1-4H2,(H,13,14). The average Bonchev–Trinajstić information content (AvgIpc) is 2.10. The lowest BCUT2D eigenvalue weighted by Crippen LogP contribution is -2.56. The van der Waals surface area contributed by atoms with E-state index in [2.05, 4.69) is 0 Å². The Morgan fingerprint density at radius 2 is 1.53 bits per heavy atom. The Bertz CT molecular complexity index is 267. The first-order valence-corrected chi connectivity index (χ1v) is 4.32. The number of rotatable bonds is 2. The Hall–Kier alpha value is -0.850. The molecule has 0 aromatic carbocycles. The topological polar surface area (TPSA) is 57.5 Å². The number of carbonyl (C=O) groups is 1. The van der Waals surface area contributed by atoms with Gasteiger partial charge in [0, 0.05) is 12.8 Å². The van der Waals surface area contributed by atoms with Gasteiger partial charge < -0.3 is 10.2 Å². The molecule has 1 rings (SSSR count). The van der Waals surface area contributed by atoms with E-state index in [1.807, 2.05) is 0 Å². The van der Waals surface area contributed by atoms with Gasteiger partial charge in [0.05, 0.1) is 0 Å². The lowest BCUT2D eigenvalue weighted by Gasteiger charge is -2.38. The summed E-state index contributed by atoms with van der Waals surface area (Å²) in [5.41, 5.74) is -2.86. The molecule has 0 atom stereocenters. The van der Waals surface area contributed by atoms with Crippen LogP contribution < -0.4 is 0 Å². The second-order valence-electron chi connectivity index (χ2n) is 3.77. The minimum absolute atomic E-state index is 0.917. The van der Waals surface area contributed by atoms with Crippen molar-refractivity contribution in [2.75, 3.05) is 0 Å². The molecule has 88 valence electrons. The van der Waals surface area contributed by atoms with Gasteiger partial charge in [0.1, 0.15) is 5.60 Å². The number of aliphatic carboxylic acids is 1. The highest BCUT2D eigenvalue weighted by Crippen LogP contribution is 2.45. The fourth-order valence-corrected chi connectivity index (χ4v) is 1.54. The molecule has 0 bridgehead atoms. The van der Waals surface area contributed by atoms with E-state index in [0.717, 1.165) is 0 Å². The Morgan fingerprint density at radius 1 is 1.13 bits per heavy atom. The summed E-state index contributed by atoms with van der Waals surface area (Å²) in [5, 5.41) is 17.5. The first-order valence-electron chi connectivity index (χ1n) is 4.32. The van der Waals surface area contributed by atoms with Crippen LogP contribution in [0.4, 0.5) is 17.6 Å². The summed E-state index contributed by atoms with van der Waals surface area (Å²) >= 11 is 0. The zero-order valence-corrected chi connectivity index (χ0v) is 7.64. The average molecular weight is 230 g/mol. The third kappa shape index (κ3) is 2.06. The highest BCUT2D eigenvalue weighted by molar-refractivity contribution is 5.77. The molecule has 0 amide bonds. The molecule has 1 aliphatic carbocycles. The van der Waals surface area contributed by atoms with Crippen molar-refractivity contribution >= 4 is 5.97 Å². The van der Waals surface area contributed by atoms with Crippen LogP contribution in [-0.2, 0) is 4.79 Å². The summed E-state index contributed by atoms with van der Waals surface area (Å²) in [4.78, 5) is 10.2. The predicted octanol–water partition coefficient (Wildman–Crippen LogP) is 1.65. The smallest absolute Gasteiger partial charge is 0.377 e. The van der Waals surface area contributed by atoms with Gasteiger partial charge >= 0.3 is 11.9 Å². The number of carboxylic acid groups (broad SMARTS) is 1. The zero-order chi connectivity index (χ0) is 11.9. The van der Waals surface area contributed by atoms with Crippen LogP contribution in [0.2, 0.25) is 0 Å². The molecule has 0 heterocycles. The van der Waals surface area contributed by atoms with E-state index >= 15 is 0 Å². The molecule has 1 saturated carbocycles. The fourth-order valence-electron chi connectivity index (χ4n) is 1.54. The molecule has 15 heavy (non-hydrogen) atoms. The van der Waals surface area contributed by atoms with Crippen LogP contribution in [-0.4, -0.2) is 33.6 Å². The molecule has 0 aromatic rings. The van der Waals surface area contributed by atoms with Crippen LogP contribution in [0.5, 0.6) is 0 Å². The van der Waals surface area contributed by atoms with Gasteiger partial charge in [0.25, 0.3) is 0 Å². The number of hydrogen-bond acceptors (Lipinski definition) is 2. The van der Waals surface area contributed by atoms with Crippen LogP contribution in [0.1, 0.15) is 25.7 Å². The van der Waals surface area contributed by atoms with Crippen LogP contribution in [0.15, 0.2) is 0 Å². The normalized spacial score (nSPS) is 24.9. The molecule has 0 saturated heterocycles. The number of carboxylic acids is 1. The van der Waals surface area contributed by atoms with E-state index in [9.17, 15) is 27.5 Å². The molecule has 0 aromatic heterocycles. The Balaban J connectivity index is 2.83. The van der Waals surface area contributed by atoms with Crippen molar-refractivity contribution in [1.29, 1.82) is 0 Å². The number of halogens is 4. The second-order valence-corrected chi connectivity index (χ2v) is 3.77. The van der Waals surface area contributed by atoms with E-state index in [0.29, 0.717) is 0 Å². The van der Waals surface area contributed by atoms with Crippen molar-refractivity contribution in [3.63, 3.8) is 0 Å². The molecule has 7 heteroatoms. The van der Waals surface area contributed by atoms with Gasteiger partial charge in [-0.1, -0.05) is 0 Å². The van der Waals surface area contributed by atoms with E-state index in [4.69, 9.17) is 5.11 Å². The SMILES string of the molecule is O=C(O)C(F)(F)C1(O)CCC(F)(F)CC1. The molecule has 3 nitrogen and oxygen atoms in total. The van der Waals surface area contributed by atoms with Gasteiger partial charge in [-0.05, 0) is 12.8 Å². The van der Waals surface area contributed by atoms with E-state index < -0.39 is 49.1 Å². The Labute approximate surface area is 82.7 Å². The van der Waals surface area contributed by atoms with Crippen molar-refractivity contribution in [3.8, 4) is 0 Å². The van der Waals surface area contributed by atoms with E-state index in [-0.39, 0.29) is 0 Å². The Kier molecular flexibility index (Phi) is 2.71. The monoisotopic (exact) mass is 230 g/mol. The number of hydrogen-bond donors (Lipinski definition) is 2. The third-order valence-corrected chi connectivity index (χ3v) is 2.66. The fraction of sp³-hybridized carbons (Fsp3) is 0.875. The highest BCUT2D eigenvalue weighted by Gasteiger charge is 2.61. The van der Waals surface area contributed by atoms with Gasteiger partial charge in [-0.3, -0.25) is 0 Å². The van der Waals surface area contributed by atoms with Crippen LogP contribution in [0.3, 0.4) is 0 Å². The van der Waals surface area contributed by atoms with Crippen LogP contribution in [0, 0.1) is 0 Å². The summed E-state index contributed by atoms with van der Waals surface area (Å²) in [6, 6.07) is 0. The van der Waals surface area contributed by atoms with Gasteiger partial charge in [-0.25, -0.2) is 13.6 Å². The zero-order valence-electron chi connectivity index (χ0n) is 7.64. The number of aliphatic hydroxyl groups is 1. The molecule has 0 spiro atoms. The molecule has 0 aliphatic heterocycles. The van der Waals surface area contributed by atoms with Gasteiger partial charge in [-0.15, -0.1) is 0 Å². The molecule has 0 radical (unpaired) electrons. The van der Waals surface area contributed by atoms with Gasteiger partial charge in [-0.2, -0.15) is 8.78 Å². The number of alkyl halides is 4. The minimum atomic E-state index is -4.39. The molecule has 0 unspecified atom stereocenters. The van der Waals surface area contributed by atoms with E-state index in [1.54, 1.807) is 0 Å². The maximum absolute atomic E-state index is 13.0. The minimum Gasteiger partial charge on any atom is -0.477 e. The summed E-state index contributed by atoms with van der Waals surface area (Å²) in [5.74, 6) is -9.97. The lowest BCUT2D eigenvalue weighted by atomic mass is 9.78. The summed E-state index contributed by atoms with van der Waals surface area (Å²) in [6.07, 6.45) is -3.68. The van der Waals surface area contributed by atoms with Gasteiger partial charge in [0.15, 0.2) is 0 Å². The summed E-state index contributed by atoms with van der Waals surface area (Å²) < 4.78 is 51.2.